The molecule has 0 amide bonds. The van der Waals surface area contributed by atoms with Gasteiger partial charge in [-0.1, -0.05) is 13.8 Å². The molecular weight excluding hydrogens is 226 g/mol. The highest BCUT2D eigenvalue weighted by Gasteiger charge is 2.09. The van der Waals surface area contributed by atoms with E-state index in [0.29, 0.717) is 24.9 Å². The van der Waals surface area contributed by atoms with Crippen LogP contribution in [0.25, 0.3) is 0 Å². The first-order valence-electron chi connectivity index (χ1n) is 5.46. The summed E-state index contributed by atoms with van der Waals surface area (Å²) in [6.07, 6.45) is 1.48. The first kappa shape index (κ1) is 13.0. The molecule has 4 nitrogen and oxygen atoms in total. The predicted molar refractivity (Wildman–Crippen MR) is 66.2 cm³/mol. The monoisotopic (exact) mass is 243 g/mol. The molecule has 0 aliphatic carbocycles. The van der Waals surface area contributed by atoms with Gasteiger partial charge in [-0.15, -0.1) is 11.6 Å². The van der Waals surface area contributed by atoms with Crippen molar-refractivity contribution in [1.29, 1.82) is 0 Å². The largest absolute Gasteiger partial charge is 0.478 e. The molecule has 0 fully saturated rings. The molecule has 0 saturated heterocycles. The van der Waals surface area contributed by atoms with E-state index in [2.05, 4.69) is 29.1 Å². The highest BCUT2D eigenvalue weighted by Crippen LogP contribution is 2.13. The quantitative estimate of drug-likeness (QED) is 0.780. The van der Waals surface area contributed by atoms with Crippen molar-refractivity contribution in [2.24, 2.45) is 5.92 Å². The molecule has 1 unspecified atom stereocenters. The Labute approximate surface area is 101 Å². The van der Waals surface area contributed by atoms with Crippen LogP contribution < -0.4 is 10.1 Å². The number of hydrogen-bond acceptors (Lipinski definition) is 4. The third kappa shape index (κ3) is 4.23. The van der Waals surface area contributed by atoms with Crippen LogP contribution in [0, 0.1) is 5.92 Å². The molecule has 0 saturated carbocycles. The highest BCUT2D eigenvalue weighted by molar-refractivity contribution is 6.21. The van der Waals surface area contributed by atoms with Crippen molar-refractivity contribution >= 4 is 17.4 Å². The van der Waals surface area contributed by atoms with Gasteiger partial charge in [0.25, 0.3) is 0 Å². The SMILES string of the molecule is CCOc1cc(NCC(Cl)C(C)C)ncn1. The fraction of sp³-hybridized carbons (Fsp3) is 0.636. The maximum atomic E-state index is 6.13. The first-order valence-corrected chi connectivity index (χ1v) is 5.90. The van der Waals surface area contributed by atoms with Crippen molar-refractivity contribution in [3.63, 3.8) is 0 Å². The first-order chi connectivity index (χ1) is 7.63. The van der Waals surface area contributed by atoms with E-state index in [1.54, 1.807) is 6.07 Å². The van der Waals surface area contributed by atoms with E-state index in [0.717, 1.165) is 5.82 Å². The van der Waals surface area contributed by atoms with Crippen LogP contribution in [0.1, 0.15) is 20.8 Å². The number of hydrogen-bond donors (Lipinski definition) is 1. The summed E-state index contributed by atoms with van der Waals surface area (Å²) in [5.74, 6) is 1.75. The Bertz CT molecular complexity index is 320. The topological polar surface area (TPSA) is 47.0 Å². The van der Waals surface area contributed by atoms with Gasteiger partial charge in [-0.3, -0.25) is 0 Å². The molecule has 1 aromatic heterocycles. The molecule has 1 N–H and O–H groups in total. The number of ether oxygens (including phenoxy) is 1. The Morgan fingerprint density at radius 3 is 2.81 bits per heavy atom. The maximum absolute atomic E-state index is 6.13. The Hall–Kier alpha value is -1.03. The number of alkyl halides is 1. The number of nitrogens with one attached hydrogen (secondary N) is 1. The van der Waals surface area contributed by atoms with Crippen LogP contribution in [0.4, 0.5) is 5.82 Å². The van der Waals surface area contributed by atoms with Crippen LogP contribution in [-0.2, 0) is 0 Å². The smallest absolute Gasteiger partial charge is 0.218 e. The molecule has 1 rings (SSSR count). The average molecular weight is 244 g/mol. The van der Waals surface area contributed by atoms with Crippen LogP contribution in [0.5, 0.6) is 5.88 Å². The molecule has 0 radical (unpaired) electrons. The summed E-state index contributed by atoms with van der Waals surface area (Å²) in [5, 5.41) is 3.25. The molecule has 0 aromatic carbocycles. The second-order valence-corrected chi connectivity index (χ2v) is 4.38. The van der Waals surface area contributed by atoms with Crippen molar-refractivity contribution in [2.75, 3.05) is 18.5 Å². The van der Waals surface area contributed by atoms with E-state index in [-0.39, 0.29) is 5.38 Å². The molecule has 1 atom stereocenters. The minimum absolute atomic E-state index is 0.0884. The van der Waals surface area contributed by atoms with Crippen molar-refractivity contribution in [3.8, 4) is 5.88 Å². The summed E-state index contributed by atoms with van der Waals surface area (Å²) in [6, 6.07) is 1.77. The Balaban J connectivity index is 2.50. The lowest BCUT2D eigenvalue weighted by molar-refractivity contribution is 0.326. The fourth-order valence-corrected chi connectivity index (χ4v) is 1.18. The van der Waals surface area contributed by atoms with Gasteiger partial charge in [0.1, 0.15) is 12.1 Å². The standard InChI is InChI=1S/C11H18ClN3O/c1-4-16-11-5-10(14-7-15-11)13-6-9(12)8(2)3/h5,7-9H,4,6H2,1-3H3,(H,13,14,15). The normalized spacial score (nSPS) is 12.6. The van der Waals surface area contributed by atoms with E-state index < -0.39 is 0 Å². The van der Waals surface area contributed by atoms with E-state index in [9.17, 15) is 0 Å². The van der Waals surface area contributed by atoms with Gasteiger partial charge in [0.05, 0.1) is 12.0 Å². The Morgan fingerprint density at radius 1 is 1.44 bits per heavy atom. The molecule has 0 aliphatic rings. The molecule has 16 heavy (non-hydrogen) atoms. The van der Waals surface area contributed by atoms with E-state index in [1.165, 1.54) is 6.33 Å². The zero-order valence-electron chi connectivity index (χ0n) is 9.90. The molecule has 0 spiro atoms. The second kappa shape index (κ2) is 6.53. The van der Waals surface area contributed by atoms with Gasteiger partial charge in [-0.05, 0) is 12.8 Å². The molecule has 90 valence electrons. The van der Waals surface area contributed by atoms with Gasteiger partial charge >= 0.3 is 0 Å². The lowest BCUT2D eigenvalue weighted by Crippen LogP contribution is -2.20. The lowest BCUT2D eigenvalue weighted by atomic mass is 10.1. The van der Waals surface area contributed by atoms with Crippen LogP contribution in [0.15, 0.2) is 12.4 Å². The van der Waals surface area contributed by atoms with E-state index in [4.69, 9.17) is 16.3 Å². The zero-order chi connectivity index (χ0) is 12.0. The van der Waals surface area contributed by atoms with Gasteiger partial charge in [0.2, 0.25) is 5.88 Å². The molecule has 0 aliphatic heterocycles. The third-order valence-electron chi connectivity index (χ3n) is 2.14. The summed E-state index contributed by atoms with van der Waals surface area (Å²) in [4.78, 5) is 8.08. The molecule has 1 heterocycles. The minimum atomic E-state index is 0.0884. The number of aromatic nitrogens is 2. The van der Waals surface area contributed by atoms with E-state index >= 15 is 0 Å². The van der Waals surface area contributed by atoms with E-state index in [1.807, 2.05) is 6.92 Å². The predicted octanol–water partition coefficient (Wildman–Crippen LogP) is 2.55. The molecule has 0 bridgehead atoms. The molecular formula is C11H18ClN3O. The van der Waals surface area contributed by atoms with Crippen molar-refractivity contribution in [3.05, 3.63) is 12.4 Å². The Morgan fingerprint density at radius 2 is 2.19 bits per heavy atom. The second-order valence-electron chi connectivity index (χ2n) is 3.82. The van der Waals surface area contributed by atoms with Gasteiger partial charge in [-0.25, -0.2) is 9.97 Å². The van der Waals surface area contributed by atoms with Crippen molar-refractivity contribution < 1.29 is 4.74 Å². The zero-order valence-corrected chi connectivity index (χ0v) is 10.7. The number of anilines is 1. The van der Waals surface area contributed by atoms with Crippen LogP contribution in [-0.4, -0.2) is 28.5 Å². The lowest BCUT2D eigenvalue weighted by Gasteiger charge is -2.14. The maximum Gasteiger partial charge on any atom is 0.218 e. The fourth-order valence-electron chi connectivity index (χ4n) is 1.10. The minimum Gasteiger partial charge on any atom is -0.478 e. The summed E-state index contributed by atoms with van der Waals surface area (Å²) >= 11 is 6.13. The summed E-state index contributed by atoms with van der Waals surface area (Å²) in [5.41, 5.74) is 0. The molecule has 5 heteroatoms. The van der Waals surface area contributed by atoms with Gasteiger partial charge in [-0.2, -0.15) is 0 Å². The van der Waals surface area contributed by atoms with Crippen LogP contribution >= 0.6 is 11.6 Å². The highest BCUT2D eigenvalue weighted by atomic mass is 35.5. The van der Waals surface area contributed by atoms with Crippen LogP contribution in [0.2, 0.25) is 0 Å². The number of nitrogens with zero attached hydrogens (tertiary/aromatic N) is 2. The average Bonchev–Trinajstić information content (AvgIpc) is 2.26. The van der Waals surface area contributed by atoms with Crippen molar-refractivity contribution in [1.82, 2.24) is 9.97 Å². The van der Waals surface area contributed by atoms with Gasteiger partial charge in [0, 0.05) is 12.6 Å². The summed E-state index contributed by atoms with van der Waals surface area (Å²) in [6.45, 7) is 7.38. The van der Waals surface area contributed by atoms with Gasteiger partial charge < -0.3 is 10.1 Å². The number of rotatable bonds is 6. The summed E-state index contributed by atoms with van der Waals surface area (Å²) in [7, 11) is 0. The number of halogens is 1. The Kier molecular flexibility index (Phi) is 5.32. The van der Waals surface area contributed by atoms with Crippen molar-refractivity contribution in [2.45, 2.75) is 26.1 Å². The third-order valence-corrected chi connectivity index (χ3v) is 2.79. The molecule has 1 aromatic rings. The van der Waals surface area contributed by atoms with Crippen LogP contribution in [0.3, 0.4) is 0 Å². The van der Waals surface area contributed by atoms with Gasteiger partial charge in [0.15, 0.2) is 0 Å². The summed E-state index contributed by atoms with van der Waals surface area (Å²) < 4.78 is 5.28.